The molecule has 3 rings (SSSR count). The number of hydrogen-bond acceptors (Lipinski definition) is 4. The van der Waals surface area contributed by atoms with Crippen molar-refractivity contribution < 1.29 is 27.9 Å². The number of nitrogens with one attached hydrogen (secondary N) is 1. The fourth-order valence-electron chi connectivity index (χ4n) is 3.08. The number of benzene rings is 1. The molecule has 0 radical (unpaired) electrons. The van der Waals surface area contributed by atoms with Gasteiger partial charge in [-0.25, -0.2) is 4.98 Å². The number of carbonyl (C=O) groups is 2. The second kappa shape index (κ2) is 7.01. The van der Waals surface area contributed by atoms with E-state index in [2.05, 4.69) is 15.2 Å². The van der Waals surface area contributed by atoms with Gasteiger partial charge in [0.1, 0.15) is 5.82 Å². The monoisotopic (exact) mass is 382 g/mol. The Labute approximate surface area is 152 Å². The zero-order valence-electron chi connectivity index (χ0n) is 14.3. The summed E-state index contributed by atoms with van der Waals surface area (Å²) < 4.78 is 39.2. The van der Waals surface area contributed by atoms with Gasteiger partial charge in [0.15, 0.2) is 5.82 Å². The minimum atomic E-state index is -4.68. The number of carbonyl (C=O) groups excluding carboxylic acids is 1. The summed E-state index contributed by atoms with van der Waals surface area (Å²) in [4.78, 5) is 28.9. The highest BCUT2D eigenvalue weighted by Gasteiger charge is 2.53. The van der Waals surface area contributed by atoms with E-state index in [0.29, 0.717) is 23.6 Å². The van der Waals surface area contributed by atoms with E-state index in [1.165, 1.54) is 12.1 Å². The number of H-pyrrole nitrogens is 1. The summed E-state index contributed by atoms with van der Waals surface area (Å²) in [6, 6.07) is 6.14. The number of nitrogens with zero attached hydrogens (tertiary/aromatic N) is 3. The minimum Gasteiger partial charge on any atom is -0.481 e. The molecule has 1 aliphatic heterocycles. The fraction of sp³-hybridized carbons (Fsp3) is 0.412. The largest absolute Gasteiger partial charge is 0.481 e. The zero-order chi connectivity index (χ0) is 19.8. The number of aromatic nitrogens is 3. The van der Waals surface area contributed by atoms with Gasteiger partial charge in [-0.2, -0.15) is 18.3 Å². The van der Waals surface area contributed by atoms with E-state index in [1.54, 1.807) is 12.1 Å². The Hall–Kier alpha value is -2.91. The van der Waals surface area contributed by atoms with E-state index in [1.807, 2.05) is 6.92 Å². The Bertz CT molecular complexity index is 848. The van der Waals surface area contributed by atoms with Gasteiger partial charge in [-0.3, -0.25) is 14.7 Å². The van der Waals surface area contributed by atoms with Crippen molar-refractivity contribution in [2.24, 2.45) is 11.8 Å². The Morgan fingerprint density at radius 2 is 1.93 bits per heavy atom. The topological polar surface area (TPSA) is 99.2 Å². The molecule has 1 aliphatic rings. The molecule has 0 unspecified atom stereocenters. The van der Waals surface area contributed by atoms with Crippen LogP contribution in [0.3, 0.4) is 0 Å². The van der Waals surface area contributed by atoms with Gasteiger partial charge in [-0.1, -0.05) is 19.1 Å². The van der Waals surface area contributed by atoms with Gasteiger partial charge in [0.05, 0.1) is 11.8 Å². The third kappa shape index (κ3) is 3.79. The van der Waals surface area contributed by atoms with Crippen LogP contribution in [0, 0.1) is 11.8 Å². The van der Waals surface area contributed by atoms with Crippen LogP contribution in [0.5, 0.6) is 0 Å². The first-order chi connectivity index (χ1) is 12.7. The van der Waals surface area contributed by atoms with Crippen LogP contribution in [0.1, 0.15) is 23.1 Å². The van der Waals surface area contributed by atoms with E-state index < -0.39 is 43.0 Å². The van der Waals surface area contributed by atoms with Crippen molar-refractivity contribution in [3.8, 4) is 11.4 Å². The summed E-state index contributed by atoms with van der Waals surface area (Å²) in [5, 5.41) is 15.9. The van der Waals surface area contributed by atoms with Gasteiger partial charge in [0, 0.05) is 30.6 Å². The third-order valence-electron chi connectivity index (χ3n) is 4.60. The molecule has 0 bridgehead atoms. The molecule has 2 heterocycles. The Morgan fingerprint density at radius 3 is 2.41 bits per heavy atom. The number of aliphatic carboxylic acids is 1. The van der Waals surface area contributed by atoms with Gasteiger partial charge >= 0.3 is 12.1 Å². The number of halogens is 3. The average molecular weight is 382 g/mol. The number of aryl methyl sites for hydroxylation is 1. The fourth-order valence-corrected chi connectivity index (χ4v) is 3.08. The molecule has 1 saturated heterocycles. The number of rotatable bonds is 4. The van der Waals surface area contributed by atoms with Crippen LogP contribution in [0.15, 0.2) is 24.3 Å². The van der Waals surface area contributed by atoms with Crippen LogP contribution >= 0.6 is 0 Å². The molecule has 1 fully saturated rings. The lowest BCUT2D eigenvalue weighted by molar-refractivity contribution is -0.187. The standard InChI is InChI=1S/C17H17F3N4O3/c1-2-13-21-14(23-22-13)9-3-5-10(6-4-9)15(25)24-7-11(16(26)27)12(8-24)17(18,19)20/h3-6,11-12H,2,7-8H2,1H3,(H,26,27)(H,21,22,23)/t11-,12-/m1/s1. The van der Waals surface area contributed by atoms with E-state index in [9.17, 15) is 22.8 Å². The van der Waals surface area contributed by atoms with Crippen LogP contribution in [0.2, 0.25) is 0 Å². The van der Waals surface area contributed by atoms with E-state index in [4.69, 9.17) is 5.11 Å². The predicted octanol–water partition coefficient (Wildman–Crippen LogP) is 2.37. The number of amides is 1. The Balaban J connectivity index is 1.77. The van der Waals surface area contributed by atoms with Crippen molar-refractivity contribution >= 4 is 11.9 Å². The normalized spacial score (nSPS) is 20.1. The summed E-state index contributed by atoms with van der Waals surface area (Å²) in [6.07, 6.45) is -3.99. The van der Waals surface area contributed by atoms with E-state index in [0.717, 1.165) is 4.90 Å². The van der Waals surface area contributed by atoms with Crippen LogP contribution in [0.25, 0.3) is 11.4 Å². The highest BCUT2D eigenvalue weighted by molar-refractivity contribution is 5.95. The molecule has 0 aliphatic carbocycles. The molecule has 2 aromatic rings. The highest BCUT2D eigenvalue weighted by Crippen LogP contribution is 2.38. The molecule has 2 atom stereocenters. The molecule has 2 N–H and O–H groups in total. The summed E-state index contributed by atoms with van der Waals surface area (Å²) >= 11 is 0. The SMILES string of the molecule is CCc1nc(-c2ccc(C(=O)N3C[C@@H](C(F)(F)F)[C@H](C(=O)O)C3)cc2)n[nH]1. The molecule has 7 nitrogen and oxygen atoms in total. The highest BCUT2D eigenvalue weighted by atomic mass is 19.4. The molecule has 10 heteroatoms. The van der Waals surface area contributed by atoms with Crippen molar-refractivity contribution in [1.82, 2.24) is 20.1 Å². The van der Waals surface area contributed by atoms with Crippen molar-refractivity contribution in [2.45, 2.75) is 19.5 Å². The van der Waals surface area contributed by atoms with Crippen LogP contribution in [-0.2, 0) is 11.2 Å². The molecule has 144 valence electrons. The maximum absolute atomic E-state index is 13.1. The smallest absolute Gasteiger partial charge is 0.394 e. The van der Waals surface area contributed by atoms with Crippen molar-refractivity contribution in [3.05, 3.63) is 35.7 Å². The van der Waals surface area contributed by atoms with Crippen molar-refractivity contribution in [3.63, 3.8) is 0 Å². The maximum atomic E-state index is 13.1. The molecule has 27 heavy (non-hydrogen) atoms. The second-order valence-corrected chi connectivity index (χ2v) is 6.34. The lowest BCUT2D eigenvalue weighted by Gasteiger charge is -2.18. The molecule has 0 saturated carbocycles. The number of carboxylic acid groups (broad SMARTS) is 1. The number of alkyl halides is 3. The van der Waals surface area contributed by atoms with Gasteiger partial charge in [-0.15, -0.1) is 0 Å². The lowest BCUT2D eigenvalue weighted by atomic mass is 9.96. The maximum Gasteiger partial charge on any atom is 0.394 e. The zero-order valence-corrected chi connectivity index (χ0v) is 14.3. The molecule has 1 aromatic heterocycles. The number of hydrogen-bond donors (Lipinski definition) is 2. The average Bonchev–Trinajstić information content (AvgIpc) is 3.28. The molecular formula is C17H17F3N4O3. The third-order valence-corrected chi connectivity index (χ3v) is 4.60. The van der Waals surface area contributed by atoms with Gasteiger partial charge in [0.2, 0.25) is 0 Å². The summed E-state index contributed by atoms with van der Waals surface area (Å²) in [5.41, 5.74) is 0.831. The number of carboxylic acids is 1. The predicted molar refractivity (Wildman–Crippen MR) is 87.8 cm³/mol. The van der Waals surface area contributed by atoms with Crippen molar-refractivity contribution in [2.75, 3.05) is 13.1 Å². The van der Waals surface area contributed by atoms with Gasteiger partial charge < -0.3 is 10.0 Å². The van der Waals surface area contributed by atoms with Gasteiger partial charge in [-0.05, 0) is 12.1 Å². The first kappa shape index (κ1) is 18.9. The quantitative estimate of drug-likeness (QED) is 0.846. The van der Waals surface area contributed by atoms with E-state index >= 15 is 0 Å². The molecular weight excluding hydrogens is 365 g/mol. The second-order valence-electron chi connectivity index (χ2n) is 6.34. The first-order valence-corrected chi connectivity index (χ1v) is 8.31. The Morgan fingerprint density at radius 1 is 1.26 bits per heavy atom. The number of aromatic amines is 1. The summed E-state index contributed by atoms with van der Waals surface area (Å²) in [7, 11) is 0. The van der Waals surface area contributed by atoms with E-state index in [-0.39, 0.29) is 5.56 Å². The summed E-state index contributed by atoms with van der Waals surface area (Å²) in [6.45, 7) is 0.781. The molecule has 1 aromatic carbocycles. The van der Waals surface area contributed by atoms with Crippen molar-refractivity contribution in [1.29, 1.82) is 0 Å². The van der Waals surface area contributed by atoms with Crippen LogP contribution in [-0.4, -0.2) is 56.3 Å². The summed E-state index contributed by atoms with van der Waals surface area (Å²) in [5.74, 6) is -4.76. The molecule has 0 spiro atoms. The first-order valence-electron chi connectivity index (χ1n) is 8.31. The number of likely N-dealkylation sites (tertiary alicyclic amines) is 1. The minimum absolute atomic E-state index is 0.178. The van der Waals surface area contributed by atoms with Gasteiger partial charge in [0.25, 0.3) is 5.91 Å². The Kier molecular flexibility index (Phi) is 4.90. The van der Waals surface area contributed by atoms with Crippen LogP contribution < -0.4 is 0 Å². The molecule has 1 amide bonds. The lowest BCUT2D eigenvalue weighted by Crippen LogP contribution is -2.34. The van der Waals surface area contributed by atoms with Crippen LogP contribution in [0.4, 0.5) is 13.2 Å².